The Morgan fingerprint density at radius 3 is 2.74 bits per heavy atom. The minimum atomic E-state index is -0.224. The number of hydrogen-bond acceptors (Lipinski definition) is 3. The van der Waals surface area contributed by atoms with Gasteiger partial charge in [0, 0.05) is 30.4 Å². The first-order valence-corrected chi connectivity index (χ1v) is 7.48. The van der Waals surface area contributed by atoms with E-state index in [9.17, 15) is 9.18 Å². The van der Waals surface area contributed by atoms with Gasteiger partial charge in [-0.2, -0.15) is 0 Å². The molecule has 0 amide bonds. The van der Waals surface area contributed by atoms with Crippen molar-refractivity contribution in [2.45, 2.75) is 19.5 Å². The summed E-state index contributed by atoms with van der Waals surface area (Å²) >= 11 is 0. The van der Waals surface area contributed by atoms with Crippen molar-refractivity contribution in [1.82, 2.24) is 14.3 Å². The SMILES string of the molecule is CC(c1ccccc1F)N(C)Cc1cc(=O)n2ccccc2n1. The van der Waals surface area contributed by atoms with Gasteiger partial charge in [-0.1, -0.05) is 24.3 Å². The molecular formula is C18H18FN3O. The average molecular weight is 311 g/mol. The van der Waals surface area contributed by atoms with Crippen LogP contribution in [0.5, 0.6) is 0 Å². The third kappa shape index (κ3) is 3.14. The van der Waals surface area contributed by atoms with E-state index < -0.39 is 0 Å². The van der Waals surface area contributed by atoms with Crippen LogP contribution in [0.1, 0.15) is 24.2 Å². The van der Waals surface area contributed by atoms with Crippen molar-refractivity contribution in [2.24, 2.45) is 0 Å². The van der Waals surface area contributed by atoms with E-state index in [4.69, 9.17) is 0 Å². The van der Waals surface area contributed by atoms with Gasteiger partial charge < -0.3 is 0 Å². The number of aromatic nitrogens is 2. The van der Waals surface area contributed by atoms with Gasteiger partial charge in [0.1, 0.15) is 11.5 Å². The monoisotopic (exact) mass is 311 g/mol. The summed E-state index contributed by atoms with van der Waals surface area (Å²) < 4.78 is 15.4. The molecular weight excluding hydrogens is 293 g/mol. The molecule has 118 valence electrons. The lowest BCUT2D eigenvalue weighted by atomic mass is 10.1. The van der Waals surface area contributed by atoms with Gasteiger partial charge in [-0.3, -0.25) is 14.1 Å². The highest BCUT2D eigenvalue weighted by Gasteiger charge is 2.16. The fourth-order valence-corrected chi connectivity index (χ4v) is 2.63. The summed E-state index contributed by atoms with van der Waals surface area (Å²) in [5.74, 6) is -0.224. The van der Waals surface area contributed by atoms with Crippen LogP contribution >= 0.6 is 0 Å². The Hall–Kier alpha value is -2.53. The Balaban J connectivity index is 1.87. The van der Waals surface area contributed by atoms with E-state index in [1.807, 2.05) is 31.0 Å². The van der Waals surface area contributed by atoms with Gasteiger partial charge in [0.15, 0.2) is 0 Å². The first kappa shape index (κ1) is 15.4. The molecule has 1 aromatic carbocycles. The summed E-state index contributed by atoms with van der Waals surface area (Å²) in [5.41, 5.74) is 1.80. The van der Waals surface area contributed by atoms with Crippen molar-refractivity contribution in [3.63, 3.8) is 0 Å². The van der Waals surface area contributed by atoms with Gasteiger partial charge >= 0.3 is 0 Å². The maximum Gasteiger partial charge on any atom is 0.258 e. The van der Waals surface area contributed by atoms with Crippen molar-refractivity contribution >= 4 is 5.65 Å². The smallest absolute Gasteiger partial charge is 0.258 e. The zero-order valence-electron chi connectivity index (χ0n) is 13.1. The van der Waals surface area contributed by atoms with Crippen LogP contribution in [-0.2, 0) is 6.54 Å². The molecule has 5 heteroatoms. The van der Waals surface area contributed by atoms with Crippen molar-refractivity contribution < 1.29 is 4.39 Å². The minimum Gasteiger partial charge on any atom is -0.294 e. The highest BCUT2D eigenvalue weighted by atomic mass is 19.1. The van der Waals surface area contributed by atoms with E-state index in [1.165, 1.54) is 16.5 Å². The number of halogens is 1. The quantitative estimate of drug-likeness (QED) is 0.743. The Kier molecular flexibility index (Phi) is 4.21. The molecule has 0 aliphatic rings. The predicted molar refractivity (Wildman–Crippen MR) is 87.7 cm³/mol. The number of pyridine rings is 1. The van der Waals surface area contributed by atoms with Crippen LogP contribution in [0.25, 0.3) is 5.65 Å². The van der Waals surface area contributed by atoms with Crippen molar-refractivity contribution in [1.29, 1.82) is 0 Å². The molecule has 0 aliphatic carbocycles. The van der Waals surface area contributed by atoms with E-state index in [1.54, 1.807) is 30.5 Å². The number of fused-ring (bicyclic) bond motifs is 1. The second-order valence-electron chi connectivity index (χ2n) is 5.63. The summed E-state index contributed by atoms with van der Waals surface area (Å²) in [6.07, 6.45) is 1.69. The average Bonchev–Trinajstić information content (AvgIpc) is 2.54. The van der Waals surface area contributed by atoms with E-state index in [2.05, 4.69) is 4.98 Å². The summed E-state index contributed by atoms with van der Waals surface area (Å²) in [4.78, 5) is 18.6. The standard InChI is InChI=1S/C18H18FN3O/c1-13(15-7-3-4-8-16(15)19)21(2)12-14-11-18(23)22-10-6-5-9-17(22)20-14/h3-11,13H,12H2,1-2H3. The summed E-state index contributed by atoms with van der Waals surface area (Å²) in [7, 11) is 1.89. The van der Waals surface area contributed by atoms with Gasteiger partial charge in [0.2, 0.25) is 0 Å². The molecule has 0 aliphatic heterocycles. The summed E-state index contributed by atoms with van der Waals surface area (Å²) in [5, 5.41) is 0. The van der Waals surface area contributed by atoms with Crippen molar-refractivity contribution in [3.8, 4) is 0 Å². The van der Waals surface area contributed by atoms with Gasteiger partial charge in [0.25, 0.3) is 5.56 Å². The molecule has 1 unspecified atom stereocenters. The molecule has 0 fully saturated rings. The third-order valence-corrected chi connectivity index (χ3v) is 4.05. The lowest BCUT2D eigenvalue weighted by molar-refractivity contribution is 0.245. The molecule has 3 rings (SSSR count). The van der Waals surface area contributed by atoms with Crippen molar-refractivity contribution in [3.05, 3.63) is 82.2 Å². The maximum absolute atomic E-state index is 13.9. The van der Waals surface area contributed by atoms with E-state index in [0.717, 1.165) is 0 Å². The molecule has 0 bridgehead atoms. The molecule has 0 saturated carbocycles. The topological polar surface area (TPSA) is 37.6 Å². The van der Waals surface area contributed by atoms with Gasteiger partial charge in [-0.15, -0.1) is 0 Å². The molecule has 0 spiro atoms. The first-order valence-electron chi connectivity index (χ1n) is 7.48. The highest BCUT2D eigenvalue weighted by Crippen LogP contribution is 2.22. The first-order chi connectivity index (χ1) is 11.1. The van der Waals surface area contributed by atoms with Crippen LogP contribution in [0.2, 0.25) is 0 Å². The Morgan fingerprint density at radius 2 is 1.96 bits per heavy atom. The molecule has 0 N–H and O–H groups in total. The number of rotatable bonds is 4. The molecule has 2 aromatic heterocycles. The zero-order valence-corrected chi connectivity index (χ0v) is 13.1. The van der Waals surface area contributed by atoms with Crippen LogP contribution < -0.4 is 5.56 Å². The third-order valence-electron chi connectivity index (χ3n) is 4.05. The molecule has 4 nitrogen and oxygen atoms in total. The zero-order chi connectivity index (χ0) is 16.4. The number of nitrogens with zero attached hydrogens (tertiary/aromatic N) is 3. The van der Waals surface area contributed by atoms with Crippen molar-refractivity contribution in [2.75, 3.05) is 7.05 Å². The maximum atomic E-state index is 13.9. The lowest BCUT2D eigenvalue weighted by Crippen LogP contribution is -2.25. The molecule has 0 radical (unpaired) electrons. The predicted octanol–water partition coefficient (Wildman–Crippen LogP) is 3.03. The Bertz CT molecular complexity index is 891. The van der Waals surface area contributed by atoms with Gasteiger partial charge in [-0.05, 0) is 32.2 Å². The highest BCUT2D eigenvalue weighted by molar-refractivity contribution is 5.38. The molecule has 0 saturated heterocycles. The number of hydrogen-bond donors (Lipinski definition) is 0. The Morgan fingerprint density at radius 1 is 1.22 bits per heavy atom. The Labute approximate surface area is 133 Å². The normalized spacial score (nSPS) is 12.7. The van der Waals surface area contributed by atoms with Crippen LogP contribution in [0.15, 0.2) is 59.5 Å². The number of benzene rings is 1. The fourth-order valence-electron chi connectivity index (χ4n) is 2.63. The second-order valence-corrected chi connectivity index (χ2v) is 5.63. The van der Waals surface area contributed by atoms with Crippen LogP contribution in [0.4, 0.5) is 4.39 Å². The van der Waals surface area contributed by atoms with E-state index in [0.29, 0.717) is 23.4 Å². The molecule has 2 heterocycles. The van der Waals surface area contributed by atoms with Crippen LogP contribution in [0.3, 0.4) is 0 Å². The lowest BCUT2D eigenvalue weighted by Gasteiger charge is -2.25. The second kappa shape index (κ2) is 6.30. The summed E-state index contributed by atoms with van der Waals surface area (Å²) in [6, 6.07) is 13.6. The largest absolute Gasteiger partial charge is 0.294 e. The van der Waals surface area contributed by atoms with E-state index >= 15 is 0 Å². The molecule has 3 aromatic rings. The minimum absolute atomic E-state index is 0.113. The van der Waals surface area contributed by atoms with Crippen LogP contribution in [-0.4, -0.2) is 21.3 Å². The van der Waals surface area contributed by atoms with Gasteiger partial charge in [0.05, 0.1) is 5.69 Å². The fraction of sp³-hybridized carbons (Fsp3) is 0.222. The summed E-state index contributed by atoms with van der Waals surface area (Å²) in [6.45, 7) is 2.41. The van der Waals surface area contributed by atoms with Gasteiger partial charge in [-0.25, -0.2) is 9.37 Å². The van der Waals surface area contributed by atoms with E-state index in [-0.39, 0.29) is 17.4 Å². The van der Waals surface area contributed by atoms with Crippen LogP contribution in [0, 0.1) is 5.82 Å². The molecule has 23 heavy (non-hydrogen) atoms. The molecule has 1 atom stereocenters.